The Labute approximate surface area is 179 Å². The molecule has 8 heteroatoms. The zero-order valence-electron chi connectivity index (χ0n) is 17.9. The molecule has 0 unspecified atom stereocenters. The summed E-state index contributed by atoms with van der Waals surface area (Å²) in [7, 11) is -3.55. The van der Waals surface area contributed by atoms with Crippen molar-refractivity contribution >= 4 is 21.9 Å². The molecule has 1 aromatic rings. The number of rotatable bonds is 8. The number of sulfonamides is 1. The minimum Gasteiger partial charge on any atom is -0.464 e. The summed E-state index contributed by atoms with van der Waals surface area (Å²) in [6.07, 6.45) is 5.62. The third kappa shape index (κ3) is 5.21. The van der Waals surface area contributed by atoms with Gasteiger partial charge in [0.15, 0.2) is 0 Å². The molecule has 1 aliphatic heterocycles. The molecule has 166 valence electrons. The van der Waals surface area contributed by atoms with Crippen LogP contribution in [0.5, 0.6) is 0 Å². The molecule has 1 heterocycles. The van der Waals surface area contributed by atoms with Gasteiger partial charge in [-0.1, -0.05) is 19.4 Å². The van der Waals surface area contributed by atoms with E-state index in [1.54, 1.807) is 13.0 Å². The van der Waals surface area contributed by atoms with Gasteiger partial charge in [0.2, 0.25) is 15.9 Å². The highest BCUT2D eigenvalue weighted by molar-refractivity contribution is 7.89. The maximum absolute atomic E-state index is 13.0. The first-order valence-electron chi connectivity index (χ1n) is 10.9. The number of amides is 1. The maximum atomic E-state index is 13.0. The molecule has 0 bridgehead atoms. The van der Waals surface area contributed by atoms with Crippen molar-refractivity contribution in [2.75, 3.05) is 19.7 Å². The first-order valence-corrected chi connectivity index (χ1v) is 12.4. The van der Waals surface area contributed by atoms with Crippen molar-refractivity contribution in [3.05, 3.63) is 29.3 Å². The van der Waals surface area contributed by atoms with Crippen LogP contribution in [0.2, 0.25) is 0 Å². The second-order valence-corrected chi connectivity index (χ2v) is 10.2. The average Bonchev–Trinajstić information content (AvgIpc) is 3.21. The van der Waals surface area contributed by atoms with E-state index in [1.807, 2.05) is 19.1 Å². The lowest BCUT2D eigenvalue weighted by Gasteiger charge is -2.31. The molecule has 1 atom stereocenters. The monoisotopic (exact) mass is 436 g/mol. The molecule has 0 spiro atoms. The number of fused-ring (bicyclic) bond motifs is 1. The third-order valence-corrected chi connectivity index (χ3v) is 7.88. The van der Waals surface area contributed by atoms with E-state index in [2.05, 4.69) is 5.32 Å². The molecule has 3 rings (SSSR count). The van der Waals surface area contributed by atoms with Crippen molar-refractivity contribution in [1.29, 1.82) is 0 Å². The van der Waals surface area contributed by atoms with Crippen LogP contribution in [0.25, 0.3) is 0 Å². The zero-order valence-corrected chi connectivity index (χ0v) is 18.7. The second kappa shape index (κ2) is 9.92. The van der Waals surface area contributed by atoms with Crippen LogP contribution < -0.4 is 5.32 Å². The normalized spacial score (nSPS) is 18.6. The predicted molar refractivity (Wildman–Crippen MR) is 113 cm³/mol. The summed E-state index contributed by atoms with van der Waals surface area (Å²) in [6.45, 7) is 4.57. The van der Waals surface area contributed by atoms with Crippen LogP contribution in [-0.4, -0.2) is 50.3 Å². The van der Waals surface area contributed by atoms with E-state index < -0.39 is 22.0 Å². The Bertz CT molecular complexity index is 876. The number of aryl methyl sites for hydroxylation is 2. The molecule has 2 aliphatic rings. The van der Waals surface area contributed by atoms with Gasteiger partial charge in [0.25, 0.3) is 0 Å². The molecule has 0 radical (unpaired) electrons. The fraction of sp³-hybridized carbons (Fsp3) is 0.636. The minimum atomic E-state index is -3.55. The Balaban J connectivity index is 1.52. The van der Waals surface area contributed by atoms with E-state index in [-0.39, 0.29) is 11.8 Å². The predicted octanol–water partition coefficient (Wildman–Crippen LogP) is 2.42. The number of nitrogens with zero attached hydrogens (tertiary/aromatic N) is 1. The highest BCUT2D eigenvalue weighted by atomic mass is 32.2. The number of benzene rings is 1. The molecule has 1 N–H and O–H groups in total. The van der Waals surface area contributed by atoms with E-state index in [0.29, 0.717) is 37.4 Å². The fourth-order valence-electron chi connectivity index (χ4n) is 4.05. The topological polar surface area (TPSA) is 92.8 Å². The Morgan fingerprint density at radius 1 is 1.20 bits per heavy atom. The molecule has 1 fully saturated rings. The van der Waals surface area contributed by atoms with Crippen molar-refractivity contribution in [3.63, 3.8) is 0 Å². The van der Waals surface area contributed by atoms with Crippen LogP contribution in [0.3, 0.4) is 0 Å². The van der Waals surface area contributed by atoms with Crippen molar-refractivity contribution in [3.8, 4) is 0 Å². The van der Waals surface area contributed by atoms with Gasteiger partial charge in [-0.05, 0) is 68.7 Å². The van der Waals surface area contributed by atoms with E-state index in [4.69, 9.17) is 4.74 Å². The Morgan fingerprint density at radius 3 is 2.60 bits per heavy atom. The molecule has 1 saturated heterocycles. The van der Waals surface area contributed by atoms with Crippen molar-refractivity contribution in [1.82, 2.24) is 9.62 Å². The largest absolute Gasteiger partial charge is 0.464 e. The number of nitrogens with one attached hydrogen (secondary N) is 1. The first-order chi connectivity index (χ1) is 14.3. The molecule has 30 heavy (non-hydrogen) atoms. The average molecular weight is 437 g/mol. The lowest BCUT2D eigenvalue weighted by Crippen LogP contribution is -2.46. The van der Waals surface area contributed by atoms with Crippen LogP contribution in [0.1, 0.15) is 57.1 Å². The third-order valence-electron chi connectivity index (χ3n) is 5.99. The summed E-state index contributed by atoms with van der Waals surface area (Å²) in [5.41, 5.74) is 2.37. The second-order valence-electron chi connectivity index (χ2n) is 8.21. The number of carbonyl (C=O) groups excluding carboxylic acids is 2. The van der Waals surface area contributed by atoms with Crippen molar-refractivity contribution < 1.29 is 22.7 Å². The lowest BCUT2D eigenvalue weighted by molar-refractivity contribution is -0.148. The van der Waals surface area contributed by atoms with Crippen LogP contribution in [-0.2, 0) is 37.2 Å². The van der Waals surface area contributed by atoms with Crippen molar-refractivity contribution in [2.24, 2.45) is 5.92 Å². The lowest BCUT2D eigenvalue weighted by atomic mass is 9.97. The molecule has 0 saturated carbocycles. The molecule has 0 aromatic heterocycles. The SMILES string of the molecule is CCCCOC(=O)[C@@H](C)NC(=O)C1CCN(S(=O)(=O)c2ccc3c(c2)CCC3)CC1. The van der Waals surface area contributed by atoms with Crippen LogP contribution in [0, 0.1) is 5.92 Å². The standard InChI is InChI=1S/C22H32N2O5S/c1-3-4-14-29-22(26)16(2)23-21(25)18-10-12-24(13-11-18)30(27,28)20-9-8-17-6-5-7-19(17)15-20/h8-9,15-16,18H,3-7,10-14H2,1-2H3,(H,23,25)/t16-/m1/s1. The van der Waals surface area contributed by atoms with Gasteiger partial charge < -0.3 is 10.1 Å². The quantitative estimate of drug-likeness (QED) is 0.499. The number of esters is 1. The minimum absolute atomic E-state index is 0.218. The van der Waals surface area contributed by atoms with Gasteiger partial charge >= 0.3 is 5.97 Å². The summed E-state index contributed by atoms with van der Waals surface area (Å²) >= 11 is 0. The van der Waals surface area contributed by atoms with Gasteiger partial charge in [-0.15, -0.1) is 0 Å². The zero-order chi connectivity index (χ0) is 21.7. The first kappa shape index (κ1) is 22.7. The number of hydrogen-bond donors (Lipinski definition) is 1. The number of hydrogen-bond acceptors (Lipinski definition) is 5. The molecule has 1 aliphatic carbocycles. The van der Waals surface area contributed by atoms with Gasteiger partial charge in [0.1, 0.15) is 6.04 Å². The number of piperidine rings is 1. The Morgan fingerprint density at radius 2 is 1.90 bits per heavy atom. The molecule has 1 amide bonds. The van der Waals surface area contributed by atoms with E-state index in [1.165, 1.54) is 9.87 Å². The van der Waals surface area contributed by atoms with Gasteiger partial charge in [-0.3, -0.25) is 4.79 Å². The van der Waals surface area contributed by atoms with Gasteiger partial charge in [-0.2, -0.15) is 4.31 Å². The molecule has 7 nitrogen and oxygen atoms in total. The number of unbranched alkanes of at least 4 members (excludes halogenated alkanes) is 1. The van der Waals surface area contributed by atoms with E-state index in [0.717, 1.165) is 37.7 Å². The maximum Gasteiger partial charge on any atom is 0.328 e. The van der Waals surface area contributed by atoms with Crippen molar-refractivity contribution in [2.45, 2.75) is 69.7 Å². The summed E-state index contributed by atoms with van der Waals surface area (Å²) in [6, 6.07) is 4.73. The summed E-state index contributed by atoms with van der Waals surface area (Å²) in [5, 5.41) is 2.71. The summed E-state index contributed by atoms with van der Waals surface area (Å²) in [4.78, 5) is 24.8. The Hall–Kier alpha value is -1.93. The van der Waals surface area contributed by atoms with E-state index in [9.17, 15) is 18.0 Å². The van der Waals surface area contributed by atoms with Gasteiger partial charge in [-0.25, -0.2) is 13.2 Å². The highest BCUT2D eigenvalue weighted by Gasteiger charge is 2.33. The van der Waals surface area contributed by atoms with Crippen LogP contribution in [0.4, 0.5) is 0 Å². The van der Waals surface area contributed by atoms with Crippen LogP contribution in [0.15, 0.2) is 23.1 Å². The summed E-state index contributed by atoms with van der Waals surface area (Å²) in [5.74, 6) is -0.958. The molecule has 1 aromatic carbocycles. The van der Waals surface area contributed by atoms with E-state index >= 15 is 0 Å². The van der Waals surface area contributed by atoms with Gasteiger partial charge in [0.05, 0.1) is 11.5 Å². The van der Waals surface area contributed by atoms with Gasteiger partial charge in [0, 0.05) is 19.0 Å². The number of carbonyl (C=O) groups is 2. The van der Waals surface area contributed by atoms with Crippen LogP contribution >= 0.6 is 0 Å². The number of ether oxygens (including phenoxy) is 1. The molecular weight excluding hydrogens is 404 g/mol. The fourth-order valence-corrected chi connectivity index (χ4v) is 5.57. The molecular formula is C22H32N2O5S. The highest BCUT2D eigenvalue weighted by Crippen LogP contribution is 2.28. The smallest absolute Gasteiger partial charge is 0.328 e. The Kier molecular flexibility index (Phi) is 7.52. The summed E-state index contributed by atoms with van der Waals surface area (Å²) < 4.78 is 32.6.